The zero-order chi connectivity index (χ0) is 28.4. The maximum atomic E-state index is 15.0. The molecule has 1 heterocycles. The molecule has 0 bridgehead atoms. The molecule has 0 spiro atoms. The lowest BCUT2D eigenvalue weighted by molar-refractivity contribution is -0.120. The topological polar surface area (TPSA) is 79.2 Å². The summed E-state index contributed by atoms with van der Waals surface area (Å²) in [7, 11) is 0. The van der Waals surface area contributed by atoms with Crippen molar-refractivity contribution in [3.63, 3.8) is 0 Å². The van der Waals surface area contributed by atoms with E-state index >= 15 is 4.79 Å². The predicted octanol–water partition coefficient (Wildman–Crippen LogP) is 5.68. The second-order valence-electron chi connectivity index (χ2n) is 10.3. The molecule has 40 heavy (non-hydrogen) atoms. The molecule has 1 aliphatic heterocycles. The van der Waals surface area contributed by atoms with E-state index in [1.807, 2.05) is 111 Å². The minimum Gasteiger partial charge on any atom is -0.491 e. The molecule has 0 unspecified atom stereocenters. The molecule has 0 radical (unpaired) electrons. The fraction of sp³-hybridized carbons (Fsp3) is 0.265. The number of aryl methyl sites for hydroxylation is 4. The van der Waals surface area contributed by atoms with Crippen LogP contribution in [0.3, 0.4) is 0 Å². The third-order valence-electron chi connectivity index (χ3n) is 7.55. The summed E-state index contributed by atoms with van der Waals surface area (Å²) in [5, 5.41) is 18.7. The van der Waals surface area contributed by atoms with E-state index in [1.54, 1.807) is 0 Å². The first-order valence-electron chi connectivity index (χ1n) is 13.5. The van der Waals surface area contributed by atoms with Gasteiger partial charge in [-0.25, -0.2) is 0 Å². The number of rotatable bonds is 9. The Kier molecular flexibility index (Phi) is 7.66. The second kappa shape index (κ2) is 11.2. The van der Waals surface area contributed by atoms with Crippen molar-refractivity contribution in [2.45, 2.75) is 33.1 Å². The summed E-state index contributed by atoms with van der Waals surface area (Å²) in [4.78, 5) is 16.9. The number of nitrogens with zero attached hydrogens (tertiary/aromatic N) is 1. The van der Waals surface area contributed by atoms with E-state index in [-0.39, 0.29) is 32.3 Å². The van der Waals surface area contributed by atoms with Crippen LogP contribution < -0.4 is 14.4 Å². The van der Waals surface area contributed by atoms with Crippen LogP contribution in [0, 0.1) is 27.7 Å². The number of carbonyl (C=O) groups is 1. The van der Waals surface area contributed by atoms with Gasteiger partial charge < -0.3 is 19.7 Å². The van der Waals surface area contributed by atoms with Gasteiger partial charge in [-0.3, -0.25) is 9.69 Å². The Hall–Kier alpha value is -4.13. The van der Waals surface area contributed by atoms with E-state index in [4.69, 9.17) is 9.47 Å². The van der Waals surface area contributed by atoms with E-state index in [0.717, 1.165) is 50.3 Å². The number of aliphatic hydroxyl groups excluding tert-OH is 2. The normalized spacial score (nSPS) is 13.8. The third-order valence-corrected chi connectivity index (χ3v) is 7.55. The number of fused-ring (bicyclic) bond motifs is 1. The zero-order valence-electron chi connectivity index (χ0n) is 23.4. The standard InChI is InChI=1S/C34H35NO5/c1-22-18-26(19-23(2)31(22)39-16-14-36)34(27-20-24(3)32(25(4)21-27)40-17-15-37)29-12-8-9-13-30(29)35(33(34)38)28-10-6-5-7-11-28/h5-13,18-21,36-37H,14-17H2,1-4H3. The van der Waals surface area contributed by atoms with Crippen LogP contribution in [0.15, 0.2) is 78.9 Å². The fourth-order valence-corrected chi connectivity index (χ4v) is 6.02. The van der Waals surface area contributed by atoms with Crippen molar-refractivity contribution in [1.82, 2.24) is 0 Å². The SMILES string of the molecule is Cc1cc(C2(c3cc(C)c(OCCO)c(C)c3)C(=O)N(c3ccccc3)c3ccccc32)cc(C)c1OCCO. The lowest BCUT2D eigenvalue weighted by atomic mass is 9.69. The molecule has 1 amide bonds. The van der Waals surface area contributed by atoms with Crippen molar-refractivity contribution in [2.24, 2.45) is 0 Å². The minimum atomic E-state index is -1.14. The summed E-state index contributed by atoms with van der Waals surface area (Å²) in [6.07, 6.45) is 0. The third kappa shape index (κ3) is 4.43. The number of anilines is 2. The van der Waals surface area contributed by atoms with E-state index in [0.29, 0.717) is 11.5 Å². The lowest BCUT2D eigenvalue weighted by Gasteiger charge is -2.32. The molecule has 0 aliphatic carbocycles. The molecule has 0 saturated heterocycles. The van der Waals surface area contributed by atoms with Gasteiger partial charge in [-0.1, -0.05) is 60.7 Å². The molecular formula is C34H35NO5. The van der Waals surface area contributed by atoms with Gasteiger partial charge in [0.25, 0.3) is 5.91 Å². The van der Waals surface area contributed by atoms with Crippen LogP contribution in [0.1, 0.15) is 38.9 Å². The van der Waals surface area contributed by atoms with E-state index in [9.17, 15) is 10.2 Å². The van der Waals surface area contributed by atoms with Crippen LogP contribution in [0.4, 0.5) is 11.4 Å². The van der Waals surface area contributed by atoms with Crippen molar-refractivity contribution in [2.75, 3.05) is 31.3 Å². The van der Waals surface area contributed by atoms with Gasteiger partial charge in [-0.15, -0.1) is 0 Å². The quantitative estimate of drug-likeness (QED) is 0.287. The van der Waals surface area contributed by atoms with Gasteiger partial charge in [0.05, 0.1) is 18.9 Å². The minimum absolute atomic E-state index is 0.0643. The molecule has 0 atom stereocenters. The van der Waals surface area contributed by atoms with E-state index in [1.165, 1.54) is 0 Å². The highest BCUT2D eigenvalue weighted by Gasteiger charge is 2.54. The van der Waals surface area contributed by atoms with E-state index < -0.39 is 5.41 Å². The monoisotopic (exact) mass is 537 g/mol. The fourth-order valence-electron chi connectivity index (χ4n) is 6.02. The van der Waals surface area contributed by atoms with Crippen molar-refractivity contribution in [1.29, 1.82) is 0 Å². The summed E-state index contributed by atoms with van der Waals surface area (Å²) in [5.41, 5.74) is 6.66. The molecule has 4 aromatic rings. The Morgan fingerprint density at radius 1 is 0.675 bits per heavy atom. The Labute approximate surface area is 235 Å². The molecule has 206 valence electrons. The molecule has 0 saturated carbocycles. The Morgan fingerprint density at radius 2 is 1.12 bits per heavy atom. The lowest BCUT2D eigenvalue weighted by Crippen LogP contribution is -2.40. The number of para-hydroxylation sites is 2. The molecule has 6 nitrogen and oxygen atoms in total. The first kappa shape index (κ1) is 27.4. The molecular weight excluding hydrogens is 502 g/mol. The van der Waals surface area contributed by atoms with Crippen LogP contribution in [0.5, 0.6) is 11.5 Å². The Bertz CT molecular complexity index is 1440. The second-order valence-corrected chi connectivity index (χ2v) is 10.3. The average Bonchev–Trinajstić information content (AvgIpc) is 3.21. The number of benzene rings is 4. The summed E-state index contributed by atoms with van der Waals surface area (Å²) in [6.45, 7) is 8.13. The number of amides is 1. The van der Waals surface area contributed by atoms with Crippen LogP contribution in [0.25, 0.3) is 0 Å². The van der Waals surface area contributed by atoms with Crippen molar-refractivity contribution in [3.05, 3.63) is 118 Å². The molecule has 5 rings (SSSR count). The van der Waals surface area contributed by atoms with Gasteiger partial charge in [0, 0.05) is 11.3 Å². The van der Waals surface area contributed by atoms with Gasteiger partial charge in [0.2, 0.25) is 0 Å². The largest absolute Gasteiger partial charge is 0.491 e. The molecule has 1 aliphatic rings. The summed E-state index contributed by atoms with van der Waals surface area (Å²) >= 11 is 0. The van der Waals surface area contributed by atoms with Gasteiger partial charge in [-0.05, 0) is 79.3 Å². The van der Waals surface area contributed by atoms with Gasteiger partial charge in [0.15, 0.2) is 0 Å². The highest BCUT2D eigenvalue weighted by molar-refractivity contribution is 6.17. The Morgan fingerprint density at radius 3 is 1.60 bits per heavy atom. The molecule has 2 N–H and O–H groups in total. The number of hydrogen-bond acceptors (Lipinski definition) is 5. The van der Waals surface area contributed by atoms with Crippen molar-refractivity contribution < 1.29 is 24.5 Å². The molecule has 0 aromatic heterocycles. The van der Waals surface area contributed by atoms with Gasteiger partial charge in [0.1, 0.15) is 30.1 Å². The molecule has 4 aromatic carbocycles. The van der Waals surface area contributed by atoms with Crippen LogP contribution in [-0.2, 0) is 10.2 Å². The summed E-state index contributed by atoms with van der Waals surface area (Å²) in [5.74, 6) is 1.36. The maximum Gasteiger partial charge on any atom is 0.251 e. The van der Waals surface area contributed by atoms with Gasteiger partial charge >= 0.3 is 0 Å². The summed E-state index contributed by atoms with van der Waals surface area (Å²) in [6, 6.07) is 25.8. The smallest absolute Gasteiger partial charge is 0.251 e. The number of aliphatic hydroxyl groups is 2. The zero-order valence-corrected chi connectivity index (χ0v) is 23.4. The van der Waals surface area contributed by atoms with Crippen LogP contribution >= 0.6 is 0 Å². The number of hydrogen-bond donors (Lipinski definition) is 2. The van der Waals surface area contributed by atoms with Crippen molar-refractivity contribution in [3.8, 4) is 11.5 Å². The highest BCUT2D eigenvalue weighted by Crippen LogP contribution is 2.54. The molecule has 6 heteroatoms. The Balaban J connectivity index is 1.82. The molecule has 0 fully saturated rings. The summed E-state index contributed by atoms with van der Waals surface area (Å²) < 4.78 is 11.7. The van der Waals surface area contributed by atoms with Crippen LogP contribution in [0.2, 0.25) is 0 Å². The first-order chi connectivity index (χ1) is 19.3. The average molecular weight is 538 g/mol. The highest BCUT2D eigenvalue weighted by atomic mass is 16.5. The maximum absolute atomic E-state index is 15.0. The van der Waals surface area contributed by atoms with Crippen molar-refractivity contribution >= 4 is 17.3 Å². The number of carbonyl (C=O) groups excluding carboxylic acids is 1. The van der Waals surface area contributed by atoms with E-state index in [2.05, 4.69) is 0 Å². The number of ether oxygens (including phenoxy) is 2. The first-order valence-corrected chi connectivity index (χ1v) is 13.5. The van der Waals surface area contributed by atoms with Gasteiger partial charge in [-0.2, -0.15) is 0 Å². The van der Waals surface area contributed by atoms with Crippen LogP contribution in [-0.4, -0.2) is 42.5 Å². The predicted molar refractivity (Wildman–Crippen MR) is 157 cm³/mol.